The molecule has 1 aliphatic heterocycles. The van der Waals surface area contributed by atoms with E-state index >= 15 is 0 Å². The Morgan fingerprint density at radius 3 is 2.93 bits per heavy atom. The number of hydrogen-bond donors (Lipinski definition) is 1. The highest BCUT2D eigenvalue weighted by Gasteiger charge is 2.25. The lowest BCUT2D eigenvalue weighted by Crippen LogP contribution is -2.37. The van der Waals surface area contributed by atoms with Crippen molar-refractivity contribution in [1.29, 1.82) is 0 Å². The van der Waals surface area contributed by atoms with Crippen LogP contribution in [-0.4, -0.2) is 32.8 Å². The van der Waals surface area contributed by atoms with Gasteiger partial charge in [0.2, 0.25) is 5.91 Å². The zero-order valence-electron chi connectivity index (χ0n) is 15.5. The number of carbonyl (C=O) groups is 2. The SMILES string of the molecule is O=C(Nc1nc2c(s1)CN(C(=O)Cn1ccc3ccccc31)CC2)c1ccco1. The van der Waals surface area contributed by atoms with Gasteiger partial charge in [-0.1, -0.05) is 29.5 Å². The van der Waals surface area contributed by atoms with Crippen molar-refractivity contribution in [3.63, 3.8) is 0 Å². The zero-order valence-corrected chi connectivity index (χ0v) is 16.3. The summed E-state index contributed by atoms with van der Waals surface area (Å²) in [6.07, 6.45) is 4.09. The first-order valence-electron chi connectivity index (χ1n) is 9.32. The maximum Gasteiger partial charge on any atom is 0.293 e. The first kappa shape index (κ1) is 17.7. The molecule has 8 heteroatoms. The zero-order chi connectivity index (χ0) is 19.8. The Morgan fingerprint density at radius 2 is 2.07 bits per heavy atom. The lowest BCUT2D eigenvalue weighted by Gasteiger charge is -2.26. The molecule has 3 aromatic heterocycles. The highest BCUT2D eigenvalue weighted by molar-refractivity contribution is 7.15. The van der Waals surface area contributed by atoms with Gasteiger partial charge in [0.1, 0.15) is 6.54 Å². The number of hydrogen-bond acceptors (Lipinski definition) is 5. The van der Waals surface area contributed by atoms with Gasteiger partial charge in [-0.25, -0.2) is 4.98 Å². The molecule has 1 N–H and O–H groups in total. The number of carbonyl (C=O) groups excluding carboxylic acids is 2. The molecule has 1 aromatic carbocycles. The molecule has 0 atom stereocenters. The van der Waals surface area contributed by atoms with E-state index in [-0.39, 0.29) is 17.6 Å². The molecule has 146 valence electrons. The maximum absolute atomic E-state index is 12.9. The third kappa shape index (κ3) is 3.42. The van der Waals surface area contributed by atoms with Gasteiger partial charge in [-0.05, 0) is 29.7 Å². The second kappa shape index (κ2) is 7.21. The molecular weight excluding hydrogens is 388 g/mol. The monoisotopic (exact) mass is 406 g/mol. The largest absolute Gasteiger partial charge is 0.459 e. The summed E-state index contributed by atoms with van der Waals surface area (Å²) in [5, 5.41) is 4.42. The van der Waals surface area contributed by atoms with Crippen LogP contribution in [0.3, 0.4) is 0 Å². The van der Waals surface area contributed by atoms with Gasteiger partial charge in [0.15, 0.2) is 10.9 Å². The molecule has 29 heavy (non-hydrogen) atoms. The Hall–Kier alpha value is -3.39. The minimum atomic E-state index is -0.325. The second-order valence-corrected chi connectivity index (χ2v) is 7.97. The van der Waals surface area contributed by atoms with Crippen molar-refractivity contribution in [2.24, 2.45) is 0 Å². The van der Waals surface area contributed by atoms with Crippen LogP contribution in [0.1, 0.15) is 21.1 Å². The molecule has 2 amide bonds. The third-order valence-electron chi connectivity index (χ3n) is 5.04. The smallest absolute Gasteiger partial charge is 0.293 e. The van der Waals surface area contributed by atoms with Crippen LogP contribution in [0.5, 0.6) is 0 Å². The molecule has 0 spiro atoms. The van der Waals surface area contributed by atoms with Crippen molar-refractivity contribution in [2.45, 2.75) is 19.5 Å². The standard InChI is InChI=1S/C21H18N4O3S/c26-19(13-24-9-7-14-4-1-2-5-16(14)24)25-10-8-15-18(12-25)29-21(22-15)23-20(27)17-6-3-11-28-17/h1-7,9,11H,8,10,12-13H2,(H,22,23,27). The van der Waals surface area contributed by atoms with Gasteiger partial charge in [0.25, 0.3) is 5.91 Å². The minimum absolute atomic E-state index is 0.0755. The van der Waals surface area contributed by atoms with E-state index < -0.39 is 0 Å². The van der Waals surface area contributed by atoms with Crippen molar-refractivity contribution in [2.75, 3.05) is 11.9 Å². The van der Waals surface area contributed by atoms with Crippen LogP contribution < -0.4 is 5.32 Å². The minimum Gasteiger partial charge on any atom is -0.459 e. The average molecular weight is 406 g/mol. The Kier molecular flexibility index (Phi) is 4.40. The molecule has 0 unspecified atom stereocenters. The summed E-state index contributed by atoms with van der Waals surface area (Å²) in [7, 11) is 0. The number of para-hydroxylation sites is 1. The summed E-state index contributed by atoms with van der Waals surface area (Å²) in [5.74, 6) is -0.00554. The number of aromatic nitrogens is 2. The first-order valence-corrected chi connectivity index (χ1v) is 10.1. The maximum atomic E-state index is 12.9. The molecule has 0 radical (unpaired) electrons. The fourth-order valence-electron chi connectivity index (χ4n) is 3.55. The van der Waals surface area contributed by atoms with Crippen LogP contribution in [-0.2, 0) is 24.3 Å². The van der Waals surface area contributed by atoms with Crippen LogP contribution in [0.25, 0.3) is 10.9 Å². The van der Waals surface area contributed by atoms with Gasteiger partial charge in [0.05, 0.1) is 18.5 Å². The van der Waals surface area contributed by atoms with Gasteiger partial charge in [-0.2, -0.15) is 0 Å². The quantitative estimate of drug-likeness (QED) is 0.562. The summed E-state index contributed by atoms with van der Waals surface area (Å²) in [6, 6.07) is 13.3. The molecule has 5 rings (SSSR count). The number of benzene rings is 1. The van der Waals surface area contributed by atoms with E-state index in [9.17, 15) is 9.59 Å². The number of anilines is 1. The molecule has 0 saturated carbocycles. The Balaban J connectivity index is 1.27. The van der Waals surface area contributed by atoms with Gasteiger partial charge in [-0.15, -0.1) is 0 Å². The highest BCUT2D eigenvalue weighted by atomic mass is 32.1. The Bertz CT molecular complexity index is 1190. The van der Waals surface area contributed by atoms with Crippen LogP contribution in [0.15, 0.2) is 59.3 Å². The van der Waals surface area contributed by atoms with Crippen LogP contribution in [0, 0.1) is 0 Å². The molecule has 0 saturated heterocycles. The fraction of sp³-hybridized carbons (Fsp3) is 0.190. The molecule has 1 aliphatic rings. The number of fused-ring (bicyclic) bond motifs is 2. The van der Waals surface area contributed by atoms with Crippen LogP contribution in [0.2, 0.25) is 0 Å². The number of rotatable bonds is 4. The Morgan fingerprint density at radius 1 is 1.17 bits per heavy atom. The van der Waals surface area contributed by atoms with E-state index in [0.717, 1.165) is 21.5 Å². The fourth-order valence-corrected chi connectivity index (χ4v) is 4.57. The predicted octanol–water partition coefficient (Wildman–Crippen LogP) is 3.53. The Labute approximate surface area is 170 Å². The summed E-state index contributed by atoms with van der Waals surface area (Å²) in [5.41, 5.74) is 2.00. The van der Waals surface area contributed by atoms with Crippen molar-refractivity contribution >= 4 is 39.2 Å². The summed E-state index contributed by atoms with van der Waals surface area (Å²) in [6.45, 7) is 1.45. The van der Waals surface area contributed by atoms with Crippen molar-refractivity contribution in [1.82, 2.24) is 14.5 Å². The number of amides is 2. The number of nitrogens with one attached hydrogen (secondary N) is 1. The normalized spacial score (nSPS) is 13.4. The van der Waals surface area contributed by atoms with E-state index in [1.165, 1.54) is 17.6 Å². The lowest BCUT2D eigenvalue weighted by atomic mass is 10.2. The van der Waals surface area contributed by atoms with Gasteiger partial charge in [-0.3, -0.25) is 14.9 Å². The van der Waals surface area contributed by atoms with Crippen molar-refractivity contribution in [3.05, 3.63) is 71.3 Å². The number of thiazole rings is 1. The predicted molar refractivity (Wildman–Crippen MR) is 110 cm³/mol. The molecule has 7 nitrogen and oxygen atoms in total. The van der Waals surface area contributed by atoms with Gasteiger partial charge in [0, 0.05) is 29.6 Å². The lowest BCUT2D eigenvalue weighted by molar-refractivity contribution is -0.132. The molecular formula is C21H18N4O3S. The summed E-state index contributed by atoms with van der Waals surface area (Å²) < 4.78 is 7.09. The third-order valence-corrected chi connectivity index (χ3v) is 6.03. The van der Waals surface area contributed by atoms with Crippen LogP contribution >= 0.6 is 11.3 Å². The second-order valence-electron chi connectivity index (χ2n) is 6.89. The van der Waals surface area contributed by atoms with Crippen LogP contribution in [0.4, 0.5) is 5.13 Å². The number of nitrogens with zero attached hydrogens (tertiary/aromatic N) is 3. The van der Waals surface area contributed by atoms with E-state index in [1.54, 1.807) is 12.1 Å². The van der Waals surface area contributed by atoms with E-state index in [1.807, 2.05) is 46.0 Å². The average Bonchev–Trinajstić information content (AvgIpc) is 3.47. The molecule has 0 aliphatic carbocycles. The van der Waals surface area contributed by atoms with E-state index in [4.69, 9.17) is 4.42 Å². The number of furan rings is 1. The van der Waals surface area contributed by atoms with Gasteiger partial charge >= 0.3 is 0 Å². The van der Waals surface area contributed by atoms with E-state index in [0.29, 0.717) is 31.2 Å². The van der Waals surface area contributed by atoms with Crippen molar-refractivity contribution in [3.8, 4) is 0 Å². The molecule has 4 heterocycles. The molecule has 4 aromatic rings. The first-order chi connectivity index (χ1) is 14.2. The molecule has 0 bridgehead atoms. The highest BCUT2D eigenvalue weighted by Crippen LogP contribution is 2.29. The summed E-state index contributed by atoms with van der Waals surface area (Å²) in [4.78, 5) is 32.4. The summed E-state index contributed by atoms with van der Waals surface area (Å²) >= 11 is 1.41. The van der Waals surface area contributed by atoms with Crippen molar-refractivity contribution < 1.29 is 14.0 Å². The van der Waals surface area contributed by atoms with Gasteiger partial charge < -0.3 is 13.9 Å². The molecule has 0 fully saturated rings. The topological polar surface area (TPSA) is 80.4 Å². The van der Waals surface area contributed by atoms with E-state index in [2.05, 4.69) is 10.3 Å².